The van der Waals surface area contributed by atoms with Gasteiger partial charge >= 0.3 is 0 Å². The van der Waals surface area contributed by atoms with Crippen LogP contribution < -0.4 is 0 Å². The Morgan fingerprint density at radius 1 is 1.58 bits per heavy atom. The molecule has 0 bridgehead atoms. The van der Waals surface area contributed by atoms with E-state index < -0.39 is 16.3 Å². The Kier molecular flexibility index (Phi) is 3.82. The lowest BCUT2D eigenvalue weighted by Gasteiger charge is -2.36. The van der Waals surface area contributed by atoms with Crippen LogP contribution in [-0.2, 0) is 6.54 Å². The second kappa shape index (κ2) is 5.22. The minimum absolute atomic E-state index is 0.0772. The number of β-amino-alcohol motifs (C(OH)–C–C–N with tert-alkyl or cyclic N) is 1. The molecule has 1 atom stereocenters. The number of likely N-dealkylation sites (tertiary alicyclic amines) is 1. The average Bonchev–Trinajstić information content (AvgIpc) is 2.27. The first-order valence-electron chi connectivity index (χ1n) is 6.25. The van der Waals surface area contributed by atoms with Crippen molar-refractivity contribution in [2.75, 3.05) is 13.1 Å². The zero-order valence-electron chi connectivity index (χ0n) is 10.8. The van der Waals surface area contributed by atoms with E-state index in [-0.39, 0.29) is 12.2 Å². The molecule has 0 spiro atoms. The van der Waals surface area contributed by atoms with Crippen molar-refractivity contribution in [2.24, 2.45) is 0 Å². The van der Waals surface area contributed by atoms with E-state index in [0.717, 1.165) is 25.5 Å². The van der Waals surface area contributed by atoms with Crippen molar-refractivity contribution in [3.63, 3.8) is 0 Å². The smallest absolute Gasteiger partial charge is 0.274 e. The standard InChI is InChI=1S/C13H17FN2O3/c1-13(17)5-2-6-15(9-13)8-10-7-11(14)3-4-12(10)16(18)19/h3-4,7,17H,2,5-6,8-9H2,1H3. The van der Waals surface area contributed by atoms with Gasteiger partial charge in [-0.1, -0.05) is 0 Å². The Labute approximate surface area is 110 Å². The number of hydrogen-bond donors (Lipinski definition) is 1. The van der Waals surface area contributed by atoms with Crippen molar-refractivity contribution in [3.05, 3.63) is 39.7 Å². The Bertz CT molecular complexity index is 491. The van der Waals surface area contributed by atoms with Crippen molar-refractivity contribution >= 4 is 5.69 Å². The van der Waals surface area contributed by atoms with Gasteiger partial charge in [0.2, 0.25) is 0 Å². The molecule has 2 rings (SSSR count). The molecule has 1 heterocycles. The van der Waals surface area contributed by atoms with Crippen LogP contribution in [0.4, 0.5) is 10.1 Å². The lowest BCUT2D eigenvalue weighted by molar-refractivity contribution is -0.385. The molecule has 1 fully saturated rings. The summed E-state index contributed by atoms with van der Waals surface area (Å²) in [4.78, 5) is 12.3. The normalized spacial score (nSPS) is 24.4. The second-order valence-corrected chi connectivity index (χ2v) is 5.34. The minimum atomic E-state index is -0.777. The van der Waals surface area contributed by atoms with Crippen LogP contribution in [0.2, 0.25) is 0 Å². The fourth-order valence-electron chi connectivity index (χ4n) is 2.56. The van der Waals surface area contributed by atoms with Gasteiger partial charge in [-0.2, -0.15) is 0 Å². The van der Waals surface area contributed by atoms with Gasteiger partial charge in [0.1, 0.15) is 5.82 Å². The number of nitro benzene ring substituents is 1. The number of nitro groups is 1. The van der Waals surface area contributed by atoms with E-state index in [1.807, 2.05) is 4.90 Å². The summed E-state index contributed by atoms with van der Waals surface area (Å²) in [6, 6.07) is 3.47. The van der Waals surface area contributed by atoms with Gasteiger partial charge in [-0.15, -0.1) is 0 Å². The molecule has 0 saturated carbocycles. The molecule has 1 aromatic rings. The monoisotopic (exact) mass is 268 g/mol. The van der Waals surface area contributed by atoms with E-state index in [1.165, 1.54) is 12.1 Å². The van der Waals surface area contributed by atoms with Crippen molar-refractivity contribution in [3.8, 4) is 0 Å². The van der Waals surface area contributed by atoms with Gasteiger partial charge in [0.05, 0.1) is 10.5 Å². The van der Waals surface area contributed by atoms with Crippen molar-refractivity contribution in [2.45, 2.75) is 31.9 Å². The molecule has 104 valence electrons. The first-order valence-corrected chi connectivity index (χ1v) is 6.25. The molecule has 0 aromatic heterocycles. The zero-order chi connectivity index (χ0) is 14.0. The summed E-state index contributed by atoms with van der Waals surface area (Å²) in [7, 11) is 0. The molecule has 1 saturated heterocycles. The molecule has 0 radical (unpaired) electrons. The van der Waals surface area contributed by atoms with E-state index in [1.54, 1.807) is 6.92 Å². The summed E-state index contributed by atoms with van der Waals surface area (Å²) in [6.45, 7) is 3.23. The molecule has 1 N–H and O–H groups in total. The first-order chi connectivity index (χ1) is 8.87. The van der Waals surface area contributed by atoms with Gasteiger partial charge in [-0.3, -0.25) is 15.0 Å². The van der Waals surface area contributed by atoms with Crippen LogP contribution in [0.3, 0.4) is 0 Å². The van der Waals surface area contributed by atoms with Gasteiger partial charge in [0.25, 0.3) is 5.69 Å². The largest absolute Gasteiger partial charge is 0.389 e. The molecule has 19 heavy (non-hydrogen) atoms. The highest BCUT2D eigenvalue weighted by molar-refractivity contribution is 5.40. The van der Waals surface area contributed by atoms with E-state index >= 15 is 0 Å². The number of benzene rings is 1. The minimum Gasteiger partial charge on any atom is -0.389 e. The molecular weight excluding hydrogens is 251 g/mol. The molecule has 1 aliphatic rings. The molecule has 1 aliphatic heterocycles. The average molecular weight is 268 g/mol. The highest BCUT2D eigenvalue weighted by Crippen LogP contribution is 2.25. The van der Waals surface area contributed by atoms with Crippen molar-refractivity contribution in [1.29, 1.82) is 0 Å². The number of aliphatic hydroxyl groups is 1. The van der Waals surface area contributed by atoms with Crippen LogP contribution in [0.15, 0.2) is 18.2 Å². The predicted octanol–water partition coefficient (Wildman–Crippen LogP) is 2.08. The fourth-order valence-corrected chi connectivity index (χ4v) is 2.56. The second-order valence-electron chi connectivity index (χ2n) is 5.34. The van der Waals surface area contributed by atoms with E-state index in [0.29, 0.717) is 12.1 Å². The SMILES string of the molecule is CC1(O)CCCN(Cc2cc(F)ccc2[N+](=O)[O-])C1. The molecule has 1 unspecified atom stereocenters. The van der Waals surface area contributed by atoms with Gasteiger partial charge in [-0.25, -0.2) is 4.39 Å². The first kappa shape index (κ1) is 13.9. The van der Waals surface area contributed by atoms with Crippen LogP contribution in [0.5, 0.6) is 0 Å². The molecule has 1 aromatic carbocycles. The summed E-state index contributed by atoms with van der Waals surface area (Å²) in [5.41, 5.74) is -0.505. The number of piperidine rings is 1. The molecule has 6 heteroatoms. The molecule has 5 nitrogen and oxygen atoms in total. The maximum atomic E-state index is 13.2. The number of hydrogen-bond acceptors (Lipinski definition) is 4. The van der Waals surface area contributed by atoms with Crippen molar-refractivity contribution in [1.82, 2.24) is 4.90 Å². The topological polar surface area (TPSA) is 66.6 Å². The van der Waals surface area contributed by atoms with Crippen molar-refractivity contribution < 1.29 is 14.4 Å². The summed E-state index contributed by atoms with van der Waals surface area (Å²) < 4.78 is 13.2. The quantitative estimate of drug-likeness (QED) is 0.673. The predicted molar refractivity (Wildman–Crippen MR) is 68.2 cm³/mol. The number of rotatable bonds is 3. The lowest BCUT2D eigenvalue weighted by atomic mass is 9.95. The summed E-state index contributed by atoms with van der Waals surface area (Å²) >= 11 is 0. The highest BCUT2D eigenvalue weighted by atomic mass is 19.1. The highest BCUT2D eigenvalue weighted by Gasteiger charge is 2.29. The lowest BCUT2D eigenvalue weighted by Crippen LogP contribution is -2.45. The van der Waals surface area contributed by atoms with E-state index in [9.17, 15) is 19.6 Å². The molecular formula is C13H17FN2O3. The van der Waals surface area contributed by atoms with E-state index in [2.05, 4.69) is 0 Å². The Morgan fingerprint density at radius 3 is 2.95 bits per heavy atom. The molecule has 0 amide bonds. The van der Waals surface area contributed by atoms with Crippen LogP contribution in [-0.4, -0.2) is 33.6 Å². The van der Waals surface area contributed by atoms with Gasteiger partial charge < -0.3 is 5.11 Å². The zero-order valence-corrected chi connectivity index (χ0v) is 10.8. The van der Waals surface area contributed by atoms with Gasteiger partial charge in [-0.05, 0) is 38.4 Å². The van der Waals surface area contributed by atoms with Gasteiger partial charge in [0, 0.05) is 24.7 Å². The maximum Gasteiger partial charge on any atom is 0.274 e. The third kappa shape index (κ3) is 3.48. The van der Waals surface area contributed by atoms with E-state index in [4.69, 9.17) is 0 Å². The Hall–Kier alpha value is -1.53. The van der Waals surface area contributed by atoms with Crippen LogP contribution in [0.1, 0.15) is 25.3 Å². The Morgan fingerprint density at radius 2 is 2.32 bits per heavy atom. The van der Waals surface area contributed by atoms with Crippen LogP contribution in [0, 0.1) is 15.9 Å². The third-order valence-corrected chi connectivity index (χ3v) is 3.39. The fraction of sp³-hybridized carbons (Fsp3) is 0.538. The third-order valence-electron chi connectivity index (χ3n) is 3.39. The Balaban J connectivity index is 2.18. The maximum absolute atomic E-state index is 13.2. The summed E-state index contributed by atoms with van der Waals surface area (Å²) in [5, 5.41) is 20.9. The summed E-state index contributed by atoms with van der Waals surface area (Å²) in [5.74, 6) is -0.482. The number of nitrogens with zero attached hydrogens (tertiary/aromatic N) is 2. The molecule has 0 aliphatic carbocycles. The van der Waals surface area contributed by atoms with Gasteiger partial charge in [0.15, 0.2) is 0 Å². The van der Waals surface area contributed by atoms with Crippen LogP contribution in [0.25, 0.3) is 0 Å². The summed E-state index contributed by atoms with van der Waals surface area (Å²) in [6.07, 6.45) is 1.55. The van der Waals surface area contributed by atoms with Crippen LogP contribution >= 0.6 is 0 Å². The number of halogens is 1.